The Balaban J connectivity index is 1.63. The Morgan fingerprint density at radius 2 is 2.07 bits per heavy atom. The maximum absolute atomic E-state index is 6.11. The molecular formula is C11H22N2O. The van der Waals surface area contributed by atoms with Gasteiger partial charge < -0.3 is 15.8 Å². The molecule has 2 aliphatic rings. The van der Waals surface area contributed by atoms with Gasteiger partial charge in [-0.25, -0.2) is 0 Å². The summed E-state index contributed by atoms with van der Waals surface area (Å²) in [4.78, 5) is 0. The van der Waals surface area contributed by atoms with Gasteiger partial charge in [0.2, 0.25) is 0 Å². The van der Waals surface area contributed by atoms with Gasteiger partial charge in [0.05, 0.1) is 6.61 Å². The first-order chi connectivity index (χ1) is 6.86. The summed E-state index contributed by atoms with van der Waals surface area (Å²) in [5.41, 5.74) is 6.11. The lowest BCUT2D eigenvalue weighted by atomic mass is 10.00. The summed E-state index contributed by atoms with van der Waals surface area (Å²) in [5, 5.41) is 3.58. The Hall–Kier alpha value is -0.120. The first-order valence-corrected chi connectivity index (χ1v) is 5.93. The molecule has 0 spiro atoms. The van der Waals surface area contributed by atoms with Crippen LogP contribution in [0.25, 0.3) is 0 Å². The number of hydrogen-bond donors (Lipinski definition) is 2. The molecule has 3 N–H and O–H groups in total. The SMILES string of the molecule is NC(CNC1CCCC1)C1CCOC1. The average Bonchev–Trinajstić information content (AvgIpc) is 2.87. The van der Waals surface area contributed by atoms with Crippen molar-refractivity contribution in [2.24, 2.45) is 11.7 Å². The van der Waals surface area contributed by atoms with Crippen LogP contribution in [-0.4, -0.2) is 31.8 Å². The molecule has 0 radical (unpaired) electrons. The van der Waals surface area contributed by atoms with Crippen LogP contribution < -0.4 is 11.1 Å². The molecule has 3 heteroatoms. The Bertz CT molecular complexity index is 163. The third-order valence-corrected chi connectivity index (χ3v) is 3.57. The number of hydrogen-bond acceptors (Lipinski definition) is 3. The van der Waals surface area contributed by atoms with Crippen molar-refractivity contribution in [3.05, 3.63) is 0 Å². The molecule has 0 bridgehead atoms. The number of nitrogens with two attached hydrogens (primary N) is 1. The van der Waals surface area contributed by atoms with Gasteiger partial charge in [0.25, 0.3) is 0 Å². The number of nitrogens with one attached hydrogen (secondary N) is 1. The van der Waals surface area contributed by atoms with Crippen LogP contribution in [0.1, 0.15) is 32.1 Å². The van der Waals surface area contributed by atoms with Gasteiger partial charge >= 0.3 is 0 Å². The highest BCUT2D eigenvalue weighted by atomic mass is 16.5. The Morgan fingerprint density at radius 1 is 1.29 bits per heavy atom. The van der Waals surface area contributed by atoms with E-state index < -0.39 is 0 Å². The van der Waals surface area contributed by atoms with Crippen LogP contribution in [0.5, 0.6) is 0 Å². The predicted molar refractivity (Wildman–Crippen MR) is 57.2 cm³/mol. The van der Waals surface area contributed by atoms with Gasteiger partial charge in [-0.3, -0.25) is 0 Å². The van der Waals surface area contributed by atoms with Crippen molar-refractivity contribution in [3.63, 3.8) is 0 Å². The fraction of sp³-hybridized carbons (Fsp3) is 1.00. The first kappa shape index (κ1) is 10.4. The van der Waals surface area contributed by atoms with Crippen LogP contribution in [0.2, 0.25) is 0 Å². The quantitative estimate of drug-likeness (QED) is 0.705. The Morgan fingerprint density at radius 3 is 2.71 bits per heavy atom. The zero-order valence-electron chi connectivity index (χ0n) is 8.87. The van der Waals surface area contributed by atoms with Crippen molar-refractivity contribution in [2.45, 2.75) is 44.2 Å². The number of rotatable bonds is 4. The fourth-order valence-corrected chi connectivity index (χ4v) is 2.49. The minimum absolute atomic E-state index is 0.290. The molecule has 82 valence electrons. The zero-order valence-corrected chi connectivity index (χ0v) is 8.87. The topological polar surface area (TPSA) is 47.3 Å². The molecule has 3 nitrogen and oxygen atoms in total. The van der Waals surface area contributed by atoms with E-state index in [0.29, 0.717) is 5.92 Å². The van der Waals surface area contributed by atoms with Gasteiger partial charge in [0, 0.05) is 31.2 Å². The standard InChI is InChI=1S/C11H22N2O/c12-11(9-5-6-14-8-9)7-13-10-3-1-2-4-10/h9-11,13H,1-8,12H2. The molecule has 0 aromatic heterocycles. The van der Waals surface area contributed by atoms with Crippen molar-refractivity contribution in [2.75, 3.05) is 19.8 Å². The molecular weight excluding hydrogens is 176 g/mol. The van der Waals surface area contributed by atoms with E-state index in [1.165, 1.54) is 25.7 Å². The van der Waals surface area contributed by atoms with Gasteiger partial charge in [-0.15, -0.1) is 0 Å². The van der Waals surface area contributed by atoms with Crippen LogP contribution in [0.3, 0.4) is 0 Å². The first-order valence-electron chi connectivity index (χ1n) is 5.93. The molecule has 1 aliphatic heterocycles. The maximum atomic E-state index is 6.11. The average molecular weight is 198 g/mol. The zero-order chi connectivity index (χ0) is 9.80. The molecule has 0 aromatic rings. The van der Waals surface area contributed by atoms with Crippen molar-refractivity contribution in [1.29, 1.82) is 0 Å². The molecule has 14 heavy (non-hydrogen) atoms. The fourth-order valence-electron chi connectivity index (χ4n) is 2.49. The molecule has 1 saturated carbocycles. The van der Waals surface area contributed by atoms with E-state index in [2.05, 4.69) is 5.32 Å². The molecule has 1 aliphatic carbocycles. The van der Waals surface area contributed by atoms with E-state index in [0.717, 1.165) is 32.2 Å². The Labute approximate surface area is 86.4 Å². The minimum atomic E-state index is 0.290. The maximum Gasteiger partial charge on any atom is 0.0510 e. The van der Waals surface area contributed by atoms with Crippen LogP contribution in [0, 0.1) is 5.92 Å². The molecule has 2 fully saturated rings. The van der Waals surface area contributed by atoms with Gasteiger partial charge in [0.15, 0.2) is 0 Å². The Kier molecular flexibility index (Phi) is 3.79. The van der Waals surface area contributed by atoms with E-state index in [-0.39, 0.29) is 6.04 Å². The summed E-state index contributed by atoms with van der Waals surface area (Å²) in [6.07, 6.45) is 6.61. The summed E-state index contributed by atoms with van der Waals surface area (Å²) < 4.78 is 5.34. The smallest absolute Gasteiger partial charge is 0.0510 e. The second kappa shape index (κ2) is 5.10. The van der Waals surface area contributed by atoms with E-state index in [9.17, 15) is 0 Å². The van der Waals surface area contributed by atoms with E-state index in [4.69, 9.17) is 10.5 Å². The highest BCUT2D eigenvalue weighted by Crippen LogP contribution is 2.19. The molecule has 2 rings (SSSR count). The molecule has 2 atom stereocenters. The van der Waals surface area contributed by atoms with E-state index in [1.54, 1.807) is 0 Å². The predicted octanol–water partition coefficient (Wildman–Crippen LogP) is 0.882. The lowest BCUT2D eigenvalue weighted by Gasteiger charge is -2.20. The van der Waals surface area contributed by atoms with E-state index in [1.807, 2.05) is 0 Å². The molecule has 0 amide bonds. The van der Waals surface area contributed by atoms with Crippen LogP contribution in [-0.2, 0) is 4.74 Å². The summed E-state index contributed by atoms with van der Waals surface area (Å²) >= 11 is 0. The largest absolute Gasteiger partial charge is 0.381 e. The van der Waals surface area contributed by atoms with Crippen molar-refractivity contribution in [3.8, 4) is 0 Å². The molecule has 1 heterocycles. The third-order valence-electron chi connectivity index (χ3n) is 3.57. The normalized spacial score (nSPS) is 31.1. The number of ether oxygens (including phenoxy) is 1. The summed E-state index contributed by atoms with van der Waals surface area (Å²) in [6, 6.07) is 1.03. The van der Waals surface area contributed by atoms with Crippen molar-refractivity contribution >= 4 is 0 Å². The van der Waals surface area contributed by atoms with Gasteiger partial charge in [-0.05, 0) is 19.3 Å². The second-order valence-electron chi connectivity index (χ2n) is 4.68. The summed E-state index contributed by atoms with van der Waals surface area (Å²) in [5.74, 6) is 0.587. The van der Waals surface area contributed by atoms with E-state index >= 15 is 0 Å². The highest BCUT2D eigenvalue weighted by Gasteiger charge is 2.23. The lowest BCUT2D eigenvalue weighted by Crippen LogP contribution is -2.43. The molecule has 2 unspecified atom stereocenters. The van der Waals surface area contributed by atoms with Crippen molar-refractivity contribution in [1.82, 2.24) is 5.32 Å². The minimum Gasteiger partial charge on any atom is -0.381 e. The van der Waals surface area contributed by atoms with Gasteiger partial charge in [-0.2, -0.15) is 0 Å². The highest BCUT2D eigenvalue weighted by molar-refractivity contribution is 4.81. The van der Waals surface area contributed by atoms with Crippen LogP contribution in [0.4, 0.5) is 0 Å². The molecule has 1 saturated heterocycles. The van der Waals surface area contributed by atoms with Crippen LogP contribution >= 0.6 is 0 Å². The lowest BCUT2D eigenvalue weighted by molar-refractivity contribution is 0.180. The molecule has 0 aromatic carbocycles. The van der Waals surface area contributed by atoms with Gasteiger partial charge in [0.1, 0.15) is 0 Å². The van der Waals surface area contributed by atoms with Crippen LogP contribution in [0.15, 0.2) is 0 Å². The summed E-state index contributed by atoms with van der Waals surface area (Å²) in [7, 11) is 0. The van der Waals surface area contributed by atoms with Crippen molar-refractivity contribution < 1.29 is 4.74 Å². The third kappa shape index (κ3) is 2.69. The summed E-state index contributed by atoms with van der Waals surface area (Å²) in [6.45, 7) is 2.74. The monoisotopic (exact) mass is 198 g/mol. The van der Waals surface area contributed by atoms with Gasteiger partial charge in [-0.1, -0.05) is 12.8 Å². The second-order valence-corrected chi connectivity index (χ2v) is 4.68.